The maximum Gasteiger partial charge on any atom is 0.111 e. The Labute approximate surface area is 115 Å². The van der Waals surface area contributed by atoms with E-state index in [0.29, 0.717) is 0 Å². The van der Waals surface area contributed by atoms with Crippen molar-refractivity contribution in [2.75, 3.05) is 5.73 Å². The van der Waals surface area contributed by atoms with Gasteiger partial charge in [0.1, 0.15) is 11.3 Å². The fourth-order valence-electron chi connectivity index (χ4n) is 2.47. The summed E-state index contributed by atoms with van der Waals surface area (Å²) in [4.78, 5) is 7.94. The summed E-state index contributed by atoms with van der Waals surface area (Å²) < 4.78 is 0. The van der Waals surface area contributed by atoms with E-state index < -0.39 is 0 Å². The number of nitrogens with one attached hydrogen (secondary N) is 1. The third-order valence-corrected chi connectivity index (χ3v) is 3.61. The Hall–Kier alpha value is -1.51. The lowest BCUT2D eigenvalue weighted by atomic mass is 10.1. The van der Waals surface area contributed by atoms with Crippen LogP contribution in [-0.2, 0) is 6.42 Å². The molecule has 19 heavy (non-hydrogen) atoms. The predicted molar refractivity (Wildman–Crippen MR) is 82.2 cm³/mol. The lowest BCUT2D eigenvalue weighted by Gasteiger charge is -1.99. The first-order valence-corrected chi connectivity index (χ1v) is 7.54. The fourth-order valence-corrected chi connectivity index (χ4v) is 2.47. The number of benzene rings is 1. The molecule has 2 rings (SSSR count). The fraction of sp³-hybridized carbons (Fsp3) is 0.562. The van der Waals surface area contributed by atoms with E-state index in [-0.39, 0.29) is 0 Å². The molecule has 3 N–H and O–H groups in total. The van der Waals surface area contributed by atoms with Gasteiger partial charge >= 0.3 is 0 Å². The van der Waals surface area contributed by atoms with Crippen LogP contribution in [0.4, 0.5) is 5.69 Å². The van der Waals surface area contributed by atoms with E-state index in [1.54, 1.807) is 0 Å². The Balaban J connectivity index is 1.74. The topological polar surface area (TPSA) is 54.7 Å². The van der Waals surface area contributed by atoms with Crippen LogP contribution in [0.3, 0.4) is 0 Å². The van der Waals surface area contributed by atoms with Crippen LogP contribution in [0.2, 0.25) is 0 Å². The Morgan fingerprint density at radius 1 is 1.05 bits per heavy atom. The van der Waals surface area contributed by atoms with E-state index in [2.05, 4.69) is 16.9 Å². The van der Waals surface area contributed by atoms with E-state index in [0.717, 1.165) is 29.0 Å². The van der Waals surface area contributed by atoms with Gasteiger partial charge in [-0.1, -0.05) is 51.5 Å². The molecule has 0 unspecified atom stereocenters. The summed E-state index contributed by atoms with van der Waals surface area (Å²) in [5.74, 6) is 1.07. The van der Waals surface area contributed by atoms with E-state index in [9.17, 15) is 0 Å². The number of nitrogens with two attached hydrogens (primary N) is 1. The van der Waals surface area contributed by atoms with Gasteiger partial charge in [0.15, 0.2) is 0 Å². The normalized spacial score (nSPS) is 11.2. The molecule has 104 valence electrons. The third kappa shape index (κ3) is 3.98. The Bertz CT molecular complexity index is 502. The standard InChI is InChI=1S/C16H25N3/c1-2-3-4-5-6-7-8-12-15-18-14-11-9-10-13(17)16(14)19-15/h9-11H,2-8,12,17H2,1H3,(H,18,19). The summed E-state index contributed by atoms with van der Waals surface area (Å²) in [5, 5.41) is 0. The number of nitrogen functional groups attached to an aromatic ring is 1. The van der Waals surface area contributed by atoms with Crippen LogP contribution < -0.4 is 5.73 Å². The molecule has 0 aliphatic heterocycles. The highest BCUT2D eigenvalue weighted by molar-refractivity contribution is 5.86. The number of aromatic amines is 1. The van der Waals surface area contributed by atoms with Crippen LogP contribution in [0, 0.1) is 0 Å². The number of para-hydroxylation sites is 1. The Morgan fingerprint density at radius 3 is 2.53 bits per heavy atom. The maximum atomic E-state index is 5.91. The summed E-state index contributed by atoms with van der Waals surface area (Å²) in [6.07, 6.45) is 10.4. The molecule has 2 aromatic rings. The van der Waals surface area contributed by atoms with Gasteiger partial charge in [-0.3, -0.25) is 0 Å². The highest BCUT2D eigenvalue weighted by Gasteiger charge is 2.04. The van der Waals surface area contributed by atoms with Crippen LogP contribution in [0.15, 0.2) is 18.2 Å². The average molecular weight is 259 g/mol. The predicted octanol–water partition coefficient (Wildman–Crippen LogP) is 4.44. The van der Waals surface area contributed by atoms with Gasteiger partial charge < -0.3 is 10.7 Å². The minimum absolute atomic E-state index is 0.763. The number of imidazole rings is 1. The molecule has 0 saturated heterocycles. The molecule has 0 bridgehead atoms. The summed E-state index contributed by atoms with van der Waals surface area (Å²) in [6.45, 7) is 2.26. The van der Waals surface area contributed by atoms with Crippen LogP contribution in [0.25, 0.3) is 11.0 Å². The van der Waals surface area contributed by atoms with Crippen molar-refractivity contribution in [3.05, 3.63) is 24.0 Å². The largest absolute Gasteiger partial charge is 0.397 e. The molecule has 3 heteroatoms. The molecule has 0 aliphatic carbocycles. The molecule has 1 aromatic carbocycles. The number of aromatic nitrogens is 2. The first kappa shape index (κ1) is 13.9. The molecular formula is C16H25N3. The van der Waals surface area contributed by atoms with Gasteiger partial charge in [0.2, 0.25) is 0 Å². The first-order valence-electron chi connectivity index (χ1n) is 7.54. The zero-order chi connectivity index (χ0) is 13.5. The monoisotopic (exact) mass is 259 g/mol. The molecule has 0 aliphatic rings. The van der Waals surface area contributed by atoms with Crippen molar-refractivity contribution in [2.24, 2.45) is 0 Å². The number of fused-ring (bicyclic) bond motifs is 1. The van der Waals surface area contributed by atoms with Crippen molar-refractivity contribution in [1.29, 1.82) is 0 Å². The Kier molecular flexibility index (Phi) is 5.25. The lowest BCUT2D eigenvalue weighted by Crippen LogP contribution is -1.89. The van der Waals surface area contributed by atoms with Gasteiger partial charge in [0, 0.05) is 6.42 Å². The number of H-pyrrole nitrogens is 1. The van der Waals surface area contributed by atoms with Crippen molar-refractivity contribution in [2.45, 2.75) is 58.3 Å². The van der Waals surface area contributed by atoms with Crippen molar-refractivity contribution >= 4 is 16.7 Å². The second-order valence-electron chi connectivity index (χ2n) is 5.30. The zero-order valence-corrected chi connectivity index (χ0v) is 11.9. The molecule has 0 amide bonds. The highest BCUT2D eigenvalue weighted by Crippen LogP contribution is 2.19. The van der Waals surface area contributed by atoms with Crippen molar-refractivity contribution in [1.82, 2.24) is 9.97 Å². The van der Waals surface area contributed by atoms with Crippen molar-refractivity contribution in [3.8, 4) is 0 Å². The molecule has 1 aromatic heterocycles. The van der Waals surface area contributed by atoms with Gasteiger partial charge in [-0.25, -0.2) is 4.98 Å². The third-order valence-electron chi connectivity index (χ3n) is 3.61. The minimum Gasteiger partial charge on any atom is -0.397 e. The zero-order valence-electron chi connectivity index (χ0n) is 11.9. The number of hydrogen-bond acceptors (Lipinski definition) is 2. The summed E-state index contributed by atoms with van der Waals surface area (Å²) in [6, 6.07) is 5.90. The van der Waals surface area contributed by atoms with E-state index in [1.165, 1.54) is 44.9 Å². The number of nitrogens with zero attached hydrogens (tertiary/aromatic N) is 1. The summed E-state index contributed by atoms with van der Waals surface area (Å²) in [7, 11) is 0. The highest BCUT2D eigenvalue weighted by atomic mass is 14.9. The van der Waals surface area contributed by atoms with Gasteiger partial charge in [0.05, 0.1) is 11.2 Å². The van der Waals surface area contributed by atoms with Crippen LogP contribution in [-0.4, -0.2) is 9.97 Å². The molecule has 0 atom stereocenters. The quantitative estimate of drug-likeness (QED) is 0.544. The number of rotatable bonds is 8. The molecule has 0 saturated carbocycles. The minimum atomic E-state index is 0.763. The second-order valence-corrected chi connectivity index (χ2v) is 5.30. The average Bonchev–Trinajstić information content (AvgIpc) is 2.82. The summed E-state index contributed by atoms with van der Waals surface area (Å²) in [5.41, 5.74) is 8.64. The molecular weight excluding hydrogens is 234 g/mol. The smallest absolute Gasteiger partial charge is 0.111 e. The summed E-state index contributed by atoms with van der Waals surface area (Å²) >= 11 is 0. The van der Waals surface area contributed by atoms with Crippen LogP contribution in [0.1, 0.15) is 57.7 Å². The van der Waals surface area contributed by atoms with Crippen LogP contribution in [0.5, 0.6) is 0 Å². The number of unbranched alkanes of at least 4 members (excludes halogenated alkanes) is 6. The Morgan fingerprint density at radius 2 is 1.79 bits per heavy atom. The number of anilines is 1. The van der Waals surface area contributed by atoms with Gasteiger partial charge in [-0.2, -0.15) is 0 Å². The molecule has 0 radical (unpaired) electrons. The van der Waals surface area contributed by atoms with Gasteiger partial charge in [0.25, 0.3) is 0 Å². The van der Waals surface area contributed by atoms with Gasteiger partial charge in [-0.05, 0) is 18.6 Å². The first-order chi connectivity index (χ1) is 9.31. The van der Waals surface area contributed by atoms with Gasteiger partial charge in [-0.15, -0.1) is 0 Å². The second kappa shape index (κ2) is 7.17. The maximum absolute atomic E-state index is 5.91. The van der Waals surface area contributed by atoms with E-state index in [1.807, 2.05) is 18.2 Å². The van der Waals surface area contributed by atoms with Crippen molar-refractivity contribution < 1.29 is 0 Å². The lowest BCUT2D eigenvalue weighted by molar-refractivity contribution is 0.585. The molecule has 1 heterocycles. The molecule has 0 fully saturated rings. The number of aryl methyl sites for hydroxylation is 1. The SMILES string of the molecule is CCCCCCCCCc1nc2c(N)cccc2[nH]1. The number of hydrogen-bond donors (Lipinski definition) is 2. The molecule has 0 spiro atoms. The van der Waals surface area contributed by atoms with E-state index in [4.69, 9.17) is 5.73 Å². The van der Waals surface area contributed by atoms with Crippen molar-refractivity contribution in [3.63, 3.8) is 0 Å². The molecule has 3 nitrogen and oxygen atoms in total. The van der Waals surface area contributed by atoms with Crippen LogP contribution >= 0.6 is 0 Å². The van der Waals surface area contributed by atoms with E-state index >= 15 is 0 Å².